The first-order chi connectivity index (χ1) is 12.6. The number of furan rings is 2. The lowest BCUT2D eigenvalue weighted by Gasteiger charge is -2.22. The highest BCUT2D eigenvalue weighted by Crippen LogP contribution is 2.39. The van der Waals surface area contributed by atoms with Crippen LogP contribution in [0.25, 0.3) is 0 Å². The lowest BCUT2D eigenvalue weighted by Crippen LogP contribution is -2.30. The molecule has 142 valence electrons. The maximum atomic E-state index is 12.2. The molecule has 1 aliphatic rings. The molecular weight excluding hydrogens is 368 g/mol. The van der Waals surface area contributed by atoms with Gasteiger partial charge in [-0.25, -0.2) is 0 Å². The summed E-state index contributed by atoms with van der Waals surface area (Å²) in [6, 6.07) is 8.09. The third-order valence-corrected chi connectivity index (χ3v) is 6.33. The minimum Gasteiger partial charge on any atom is -0.464 e. The SMILES string of the molecule is CCc1ccc(C2SCC(=O)N2CCSCc2ccc(CN(C)C)o2)o1. The van der Waals surface area contributed by atoms with Gasteiger partial charge in [-0.3, -0.25) is 4.79 Å². The van der Waals surface area contributed by atoms with E-state index in [0.717, 1.165) is 54.1 Å². The number of hydrogen-bond donors (Lipinski definition) is 0. The molecule has 3 rings (SSSR count). The average Bonchev–Trinajstić information content (AvgIpc) is 3.32. The van der Waals surface area contributed by atoms with Crippen LogP contribution in [-0.4, -0.2) is 47.9 Å². The summed E-state index contributed by atoms with van der Waals surface area (Å²) < 4.78 is 11.7. The Balaban J connectivity index is 1.48. The molecule has 5 nitrogen and oxygen atoms in total. The summed E-state index contributed by atoms with van der Waals surface area (Å²) in [5.41, 5.74) is 0. The normalized spacial score (nSPS) is 17.6. The Morgan fingerprint density at radius 1 is 1.19 bits per heavy atom. The van der Waals surface area contributed by atoms with Crippen LogP contribution in [-0.2, 0) is 23.5 Å². The number of amides is 1. The van der Waals surface area contributed by atoms with Gasteiger partial charge >= 0.3 is 0 Å². The van der Waals surface area contributed by atoms with E-state index in [0.29, 0.717) is 5.75 Å². The number of thioether (sulfide) groups is 2. The molecule has 2 aromatic heterocycles. The molecule has 7 heteroatoms. The van der Waals surface area contributed by atoms with E-state index in [1.807, 2.05) is 43.3 Å². The second-order valence-corrected chi connectivity index (χ2v) is 8.74. The third-order valence-electron chi connectivity index (χ3n) is 4.15. The molecule has 3 heterocycles. The summed E-state index contributed by atoms with van der Waals surface area (Å²) in [7, 11) is 4.06. The van der Waals surface area contributed by atoms with Crippen molar-refractivity contribution in [3.8, 4) is 0 Å². The standard InChI is InChI=1S/C19H26N2O3S2/c1-4-14-7-8-17(24-14)19-21(18(22)13-26-19)9-10-25-12-16-6-5-15(23-16)11-20(2)3/h5-8,19H,4,9-13H2,1-3H3. The van der Waals surface area contributed by atoms with Crippen molar-refractivity contribution < 1.29 is 13.6 Å². The fourth-order valence-corrected chi connectivity index (χ4v) is 4.87. The zero-order valence-electron chi connectivity index (χ0n) is 15.6. The van der Waals surface area contributed by atoms with E-state index in [9.17, 15) is 4.79 Å². The predicted octanol–water partition coefficient (Wildman–Crippen LogP) is 4.00. The monoisotopic (exact) mass is 394 g/mol. The summed E-state index contributed by atoms with van der Waals surface area (Å²) in [6.45, 7) is 3.62. The van der Waals surface area contributed by atoms with E-state index >= 15 is 0 Å². The molecule has 0 saturated carbocycles. The number of nitrogens with zero attached hydrogens (tertiary/aromatic N) is 2. The second-order valence-electron chi connectivity index (χ2n) is 6.57. The number of hydrogen-bond acceptors (Lipinski definition) is 6. The van der Waals surface area contributed by atoms with Crippen LogP contribution < -0.4 is 0 Å². The molecule has 26 heavy (non-hydrogen) atoms. The van der Waals surface area contributed by atoms with E-state index in [4.69, 9.17) is 8.83 Å². The van der Waals surface area contributed by atoms with Gasteiger partial charge in [-0.15, -0.1) is 11.8 Å². The lowest BCUT2D eigenvalue weighted by molar-refractivity contribution is -0.128. The van der Waals surface area contributed by atoms with Crippen LogP contribution in [0, 0.1) is 0 Å². The molecule has 0 bridgehead atoms. The smallest absolute Gasteiger partial charge is 0.233 e. The number of rotatable bonds is 9. The number of carbonyl (C=O) groups is 1. The summed E-state index contributed by atoms with van der Waals surface area (Å²) in [5, 5.41) is 0.0127. The average molecular weight is 395 g/mol. The Morgan fingerprint density at radius 2 is 1.96 bits per heavy atom. The molecule has 1 amide bonds. The Labute approximate surface area is 163 Å². The van der Waals surface area contributed by atoms with Gasteiger partial charge in [0.1, 0.15) is 28.4 Å². The highest BCUT2D eigenvalue weighted by molar-refractivity contribution is 8.00. The molecular formula is C19H26N2O3S2. The summed E-state index contributed by atoms with van der Waals surface area (Å²) in [5.74, 6) is 6.28. The van der Waals surface area contributed by atoms with E-state index in [1.54, 1.807) is 23.5 Å². The first-order valence-electron chi connectivity index (χ1n) is 8.86. The van der Waals surface area contributed by atoms with Crippen LogP contribution in [0.1, 0.15) is 35.3 Å². The Bertz CT molecular complexity index is 726. The van der Waals surface area contributed by atoms with Crippen molar-refractivity contribution in [2.24, 2.45) is 0 Å². The van der Waals surface area contributed by atoms with Crippen molar-refractivity contribution >= 4 is 29.4 Å². The molecule has 0 spiro atoms. The van der Waals surface area contributed by atoms with E-state index in [1.165, 1.54) is 0 Å². The molecule has 1 fully saturated rings. The minimum atomic E-state index is 0.0127. The largest absolute Gasteiger partial charge is 0.464 e. The molecule has 1 aliphatic heterocycles. The van der Waals surface area contributed by atoms with Crippen LogP contribution in [0.15, 0.2) is 33.1 Å². The maximum Gasteiger partial charge on any atom is 0.233 e. The van der Waals surface area contributed by atoms with Crippen molar-refractivity contribution in [2.75, 3.05) is 32.1 Å². The molecule has 0 aliphatic carbocycles. The molecule has 1 saturated heterocycles. The van der Waals surface area contributed by atoms with Crippen LogP contribution in [0.4, 0.5) is 0 Å². The highest BCUT2D eigenvalue weighted by Gasteiger charge is 2.34. The molecule has 1 atom stereocenters. The van der Waals surface area contributed by atoms with Gasteiger partial charge in [0.15, 0.2) is 0 Å². The Hall–Kier alpha value is -1.31. The molecule has 2 aromatic rings. The Morgan fingerprint density at radius 3 is 2.69 bits per heavy atom. The van der Waals surface area contributed by atoms with Gasteiger partial charge in [-0.2, -0.15) is 11.8 Å². The van der Waals surface area contributed by atoms with Gasteiger partial charge in [0.25, 0.3) is 0 Å². The third kappa shape index (κ3) is 4.90. The zero-order valence-corrected chi connectivity index (χ0v) is 17.2. The number of carbonyl (C=O) groups excluding carboxylic acids is 1. The van der Waals surface area contributed by atoms with Gasteiger partial charge in [0, 0.05) is 18.7 Å². The fourth-order valence-electron chi connectivity index (χ4n) is 2.88. The van der Waals surface area contributed by atoms with Gasteiger partial charge in [-0.1, -0.05) is 6.92 Å². The van der Waals surface area contributed by atoms with Crippen molar-refractivity contribution in [2.45, 2.75) is 31.0 Å². The highest BCUT2D eigenvalue weighted by atomic mass is 32.2. The predicted molar refractivity (Wildman–Crippen MR) is 107 cm³/mol. The summed E-state index contributed by atoms with van der Waals surface area (Å²) in [6.07, 6.45) is 0.875. The van der Waals surface area contributed by atoms with E-state index < -0.39 is 0 Å². The first kappa shape index (κ1) is 19.5. The number of aryl methyl sites for hydroxylation is 1. The second kappa shape index (κ2) is 9.06. The Kier molecular flexibility index (Phi) is 6.78. The van der Waals surface area contributed by atoms with Gasteiger partial charge in [0.2, 0.25) is 5.91 Å². The molecule has 0 aromatic carbocycles. The fraction of sp³-hybridized carbons (Fsp3) is 0.526. The minimum absolute atomic E-state index is 0.0127. The molecule has 1 unspecified atom stereocenters. The van der Waals surface area contributed by atoms with Crippen molar-refractivity contribution in [1.29, 1.82) is 0 Å². The van der Waals surface area contributed by atoms with Crippen molar-refractivity contribution in [1.82, 2.24) is 9.80 Å². The topological polar surface area (TPSA) is 49.8 Å². The van der Waals surface area contributed by atoms with Crippen LogP contribution in [0.3, 0.4) is 0 Å². The molecule has 0 radical (unpaired) electrons. The summed E-state index contributed by atoms with van der Waals surface area (Å²) in [4.78, 5) is 16.3. The quantitative estimate of drug-likeness (QED) is 0.599. The van der Waals surface area contributed by atoms with E-state index in [-0.39, 0.29) is 11.3 Å². The van der Waals surface area contributed by atoms with Crippen LogP contribution >= 0.6 is 23.5 Å². The molecule has 0 N–H and O–H groups in total. The first-order valence-corrected chi connectivity index (χ1v) is 11.1. The van der Waals surface area contributed by atoms with Crippen molar-refractivity contribution in [3.05, 3.63) is 47.3 Å². The lowest BCUT2D eigenvalue weighted by atomic mass is 10.3. The van der Waals surface area contributed by atoms with Crippen LogP contribution in [0.2, 0.25) is 0 Å². The van der Waals surface area contributed by atoms with Gasteiger partial charge < -0.3 is 18.6 Å². The van der Waals surface area contributed by atoms with Gasteiger partial charge in [0.05, 0.1) is 18.1 Å². The zero-order chi connectivity index (χ0) is 18.5. The van der Waals surface area contributed by atoms with Gasteiger partial charge in [-0.05, 0) is 38.4 Å². The maximum absolute atomic E-state index is 12.2. The van der Waals surface area contributed by atoms with Crippen LogP contribution in [0.5, 0.6) is 0 Å². The van der Waals surface area contributed by atoms with Crippen molar-refractivity contribution in [3.63, 3.8) is 0 Å². The summed E-state index contributed by atoms with van der Waals surface area (Å²) >= 11 is 3.44. The van der Waals surface area contributed by atoms with E-state index in [2.05, 4.69) is 11.8 Å².